The summed E-state index contributed by atoms with van der Waals surface area (Å²) < 4.78 is 81.7. The lowest BCUT2D eigenvalue weighted by molar-refractivity contribution is -0.384. The fourth-order valence-corrected chi connectivity index (χ4v) is 4.15. The van der Waals surface area contributed by atoms with E-state index in [1.165, 1.54) is 31.2 Å². The SMILES string of the molecule is C=CCc1cc(/C=C2/C(=O)N(c3c(F)c(F)c(F)c(F)c3F)N=C2C)cc(OCC)c1OCc1ccc([N+](=O)[O-])cc1. The van der Waals surface area contributed by atoms with Crippen LogP contribution in [0, 0.1) is 39.2 Å². The van der Waals surface area contributed by atoms with E-state index in [-0.39, 0.29) is 40.9 Å². The zero-order valence-electron chi connectivity index (χ0n) is 22.2. The zero-order chi connectivity index (χ0) is 30.7. The Labute approximate surface area is 236 Å². The summed E-state index contributed by atoms with van der Waals surface area (Å²) in [6.07, 6.45) is 3.23. The molecule has 0 aromatic heterocycles. The molecule has 218 valence electrons. The van der Waals surface area contributed by atoms with Crippen molar-refractivity contribution in [3.8, 4) is 11.5 Å². The van der Waals surface area contributed by atoms with Crippen molar-refractivity contribution in [1.82, 2.24) is 0 Å². The number of non-ortho nitro benzene ring substituents is 1. The van der Waals surface area contributed by atoms with Gasteiger partial charge < -0.3 is 9.47 Å². The molecule has 4 rings (SSSR count). The van der Waals surface area contributed by atoms with Crippen LogP contribution in [0.5, 0.6) is 11.5 Å². The summed E-state index contributed by atoms with van der Waals surface area (Å²) >= 11 is 0. The number of carbonyl (C=O) groups is 1. The van der Waals surface area contributed by atoms with Gasteiger partial charge in [-0.25, -0.2) is 22.0 Å². The third-order valence-electron chi connectivity index (χ3n) is 6.12. The van der Waals surface area contributed by atoms with Gasteiger partial charge in [0, 0.05) is 17.7 Å². The van der Waals surface area contributed by atoms with Gasteiger partial charge in [-0.15, -0.1) is 6.58 Å². The number of nitrogens with zero attached hydrogens (tertiary/aromatic N) is 3. The van der Waals surface area contributed by atoms with E-state index in [2.05, 4.69) is 11.7 Å². The minimum Gasteiger partial charge on any atom is -0.490 e. The van der Waals surface area contributed by atoms with Gasteiger partial charge in [-0.05, 0) is 61.7 Å². The van der Waals surface area contributed by atoms with Crippen LogP contribution in [0.3, 0.4) is 0 Å². The predicted molar refractivity (Wildman–Crippen MR) is 144 cm³/mol. The fourth-order valence-electron chi connectivity index (χ4n) is 4.15. The second kappa shape index (κ2) is 12.2. The Morgan fingerprint density at radius 1 is 1.00 bits per heavy atom. The summed E-state index contributed by atoms with van der Waals surface area (Å²) in [6, 6.07) is 8.98. The third kappa shape index (κ3) is 5.71. The van der Waals surface area contributed by atoms with Crippen molar-refractivity contribution in [2.75, 3.05) is 11.6 Å². The summed E-state index contributed by atoms with van der Waals surface area (Å²) in [4.78, 5) is 23.5. The zero-order valence-corrected chi connectivity index (χ0v) is 22.2. The van der Waals surface area contributed by atoms with Gasteiger partial charge in [0.05, 0.1) is 22.8 Å². The van der Waals surface area contributed by atoms with Gasteiger partial charge in [-0.1, -0.05) is 6.08 Å². The first-order chi connectivity index (χ1) is 20.0. The summed E-state index contributed by atoms with van der Waals surface area (Å²) in [6.45, 7) is 7.09. The van der Waals surface area contributed by atoms with E-state index < -0.39 is 45.6 Å². The molecule has 1 aliphatic rings. The lowest BCUT2D eigenvalue weighted by Gasteiger charge is -2.17. The van der Waals surface area contributed by atoms with Crippen molar-refractivity contribution >= 4 is 29.1 Å². The number of hydrogen-bond acceptors (Lipinski definition) is 6. The topological polar surface area (TPSA) is 94.3 Å². The molecule has 0 aliphatic carbocycles. The largest absolute Gasteiger partial charge is 0.490 e. The molecule has 8 nitrogen and oxygen atoms in total. The van der Waals surface area contributed by atoms with Gasteiger partial charge >= 0.3 is 0 Å². The predicted octanol–water partition coefficient (Wildman–Crippen LogP) is 6.80. The number of carbonyl (C=O) groups excluding carboxylic acids is 1. The van der Waals surface area contributed by atoms with Crippen LogP contribution in [-0.2, 0) is 17.8 Å². The molecule has 0 N–H and O–H groups in total. The number of nitro benzene ring substituents is 1. The molecule has 0 spiro atoms. The number of halogens is 5. The van der Waals surface area contributed by atoms with E-state index in [0.29, 0.717) is 28.9 Å². The highest BCUT2D eigenvalue weighted by atomic mass is 19.2. The molecular formula is C29H22F5N3O5. The lowest BCUT2D eigenvalue weighted by Crippen LogP contribution is -2.25. The van der Waals surface area contributed by atoms with E-state index in [1.807, 2.05) is 0 Å². The van der Waals surface area contributed by atoms with Crippen LogP contribution in [0.25, 0.3) is 6.08 Å². The highest BCUT2D eigenvalue weighted by Gasteiger charge is 2.37. The minimum atomic E-state index is -2.36. The van der Waals surface area contributed by atoms with Gasteiger partial charge in [0.15, 0.2) is 34.8 Å². The number of nitro groups is 1. The molecule has 1 amide bonds. The van der Waals surface area contributed by atoms with E-state index in [0.717, 1.165) is 0 Å². The first kappa shape index (κ1) is 29.9. The Bertz CT molecular complexity index is 1630. The molecule has 3 aromatic carbocycles. The molecule has 0 saturated carbocycles. The van der Waals surface area contributed by atoms with Crippen LogP contribution in [0.2, 0.25) is 0 Å². The summed E-state index contributed by atoms with van der Waals surface area (Å²) in [5.41, 5.74) is -0.142. The van der Waals surface area contributed by atoms with Crippen LogP contribution in [-0.4, -0.2) is 23.1 Å². The van der Waals surface area contributed by atoms with Gasteiger partial charge in [-0.3, -0.25) is 14.9 Å². The number of allylic oxidation sites excluding steroid dienone is 1. The van der Waals surface area contributed by atoms with Crippen molar-refractivity contribution < 1.29 is 41.1 Å². The van der Waals surface area contributed by atoms with E-state index in [1.54, 1.807) is 31.2 Å². The Hall–Kier alpha value is -5.07. The molecule has 0 radical (unpaired) electrons. The highest BCUT2D eigenvalue weighted by molar-refractivity contribution is 6.32. The molecule has 13 heteroatoms. The van der Waals surface area contributed by atoms with Crippen LogP contribution in [0.15, 0.2) is 59.7 Å². The molecule has 42 heavy (non-hydrogen) atoms. The normalized spacial score (nSPS) is 13.9. The number of hydrogen-bond donors (Lipinski definition) is 0. The van der Waals surface area contributed by atoms with Gasteiger partial charge in [-0.2, -0.15) is 10.1 Å². The van der Waals surface area contributed by atoms with Crippen molar-refractivity contribution in [2.24, 2.45) is 5.10 Å². The number of rotatable bonds is 10. The number of anilines is 1. The van der Waals surface area contributed by atoms with Crippen LogP contribution in [0.1, 0.15) is 30.5 Å². The van der Waals surface area contributed by atoms with Crippen molar-refractivity contribution in [3.63, 3.8) is 0 Å². The van der Waals surface area contributed by atoms with Crippen molar-refractivity contribution in [2.45, 2.75) is 26.9 Å². The maximum absolute atomic E-state index is 14.4. The molecule has 3 aromatic rings. The fraction of sp³-hybridized carbons (Fsp3) is 0.172. The number of ether oxygens (including phenoxy) is 2. The second-order valence-electron chi connectivity index (χ2n) is 8.92. The van der Waals surface area contributed by atoms with Gasteiger partial charge in [0.25, 0.3) is 11.6 Å². The molecule has 1 heterocycles. The maximum Gasteiger partial charge on any atom is 0.280 e. The standard InChI is InChI=1S/C29H22F5N3O5/c1-4-6-18-11-17(13-21(41-5-2)28(18)42-14-16-7-9-19(10-8-16)37(39)40)12-20-15(3)35-36(29(20)38)27-25(33)23(31)22(30)24(32)26(27)34/h4,7-13H,1,5-6,14H2,2-3H3/b20-12+. The van der Waals surface area contributed by atoms with Crippen molar-refractivity contribution in [1.29, 1.82) is 0 Å². The average molecular weight is 588 g/mol. The average Bonchev–Trinajstić information content (AvgIpc) is 3.23. The summed E-state index contributed by atoms with van der Waals surface area (Å²) in [7, 11) is 0. The monoisotopic (exact) mass is 587 g/mol. The number of amides is 1. The quantitative estimate of drug-likeness (QED) is 0.0495. The Morgan fingerprint density at radius 3 is 2.19 bits per heavy atom. The molecule has 0 saturated heterocycles. The molecule has 1 aliphatic heterocycles. The highest BCUT2D eigenvalue weighted by Crippen LogP contribution is 2.37. The van der Waals surface area contributed by atoms with Crippen LogP contribution in [0.4, 0.5) is 33.3 Å². The Balaban J connectivity index is 1.70. The van der Waals surface area contributed by atoms with Gasteiger partial charge in [0.1, 0.15) is 12.3 Å². The van der Waals surface area contributed by atoms with E-state index in [4.69, 9.17) is 9.47 Å². The Morgan fingerprint density at radius 2 is 1.62 bits per heavy atom. The number of hydrazone groups is 1. The molecule has 0 atom stereocenters. The first-order valence-electron chi connectivity index (χ1n) is 12.4. The van der Waals surface area contributed by atoms with Crippen LogP contribution >= 0.6 is 0 Å². The lowest BCUT2D eigenvalue weighted by atomic mass is 10.0. The third-order valence-corrected chi connectivity index (χ3v) is 6.12. The van der Waals surface area contributed by atoms with Crippen LogP contribution < -0.4 is 14.5 Å². The summed E-state index contributed by atoms with van der Waals surface area (Å²) in [5, 5.41) is 14.8. The number of benzene rings is 3. The first-order valence-corrected chi connectivity index (χ1v) is 12.4. The van der Waals surface area contributed by atoms with E-state index >= 15 is 0 Å². The maximum atomic E-state index is 14.4. The second-order valence-corrected chi connectivity index (χ2v) is 8.92. The molecule has 0 fully saturated rings. The van der Waals surface area contributed by atoms with Gasteiger partial charge in [0.2, 0.25) is 5.82 Å². The molecular weight excluding hydrogens is 565 g/mol. The Kier molecular flexibility index (Phi) is 8.69. The smallest absolute Gasteiger partial charge is 0.280 e. The minimum absolute atomic E-state index is 0.0364. The molecule has 0 bridgehead atoms. The summed E-state index contributed by atoms with van der Waals surface area (Å²) in [5.74, 6) is -11.6. The van der Waals surface area contributed by atoms with E-state index in [9.17, 15) is 36.9 Å². The van der Waals surface area contributed by atoms with Crippen molar-refractivity contribution in [3.05, 3.63) is 111 Å². The molecule has 0 unspecified atom stereocenters.